The molecule has 2 aromatic carbocycles. The van der Waals surface area contributed by atoms with Crippen LogP contribution in [-0.4, -0.2) is 23.2 Å². The maximum Gasteiger partial charge on any atom is 0.194 e. The van der Waals surface area contributed by atoms with Crippen molar-refractivity contribution in [2.45, 2.75) is 20.1 Å². The first kappa shape index (κ1) is 15.6. The van der Waals surface area contributed by atoms with E-state index in [0.717, 1.165) is 0 Å². The van der Waals surface area contributed by atoms with Crippen LogP contribution in [0.3, 0.4) is 0 Å². The summed E-state index contributed by atoms with van der Waals surface area (Å²) < 4.78 is 0. The Morgan fingerprint density at radius 3 is 2.09 bits per heavy atom. The first-order chi connectivity index (χ1) is 11.0. The van der Waals surface area contributed by atoms with Crippen molar-refractivity contribution in [1.29, 1.82) is 0 Å². The zero-order valence-corrected chi connectivity index (χ0v) is 13.2. The first-order valence-electron chi connectivity index (χ1n) is 7.73. The fourth-order valence-corrected chi connectivity index (χ4v) is 2.75. The molecule has 0 spiro atoms. The second-order valence-corrected chi connectivity index (χ2v) is 6.21. The van der Waals surface area contributed by atoms with Gasteiger partial charge in [-0.05, 0) is 23.6 Å². The number of carbonyl (C=O) groups excluding carboxylic acids is 2. The molecule has 0 heterocycles. The van der Waals surface area contributed by atoms with Crippen LogP contribution >= 0.6 is 0 Å². The third-order valence-corrected chi connectivity index (χ3v) is 3.98. The number of hydrogen-bond acceptors (Lipinski definition) is 4. The lowest BCUT2D eigenvalue weighted by molar-refractivity contribution is 0.0978. The molecule has 0 saturated heterocycles. The van der Waals surface area contributed by atoms with E-state index in [1.807, 2.05) is 13.8 Å². The smallest absolute Gasteiger partial charge is 0.194 e. The van der Waals surface area contributed by atoms with Crippen LogP contribution in [0.2, 0.25) is 0 Å². The SMILES string of the molecule is CC(C)CNC(O)c1ccc2c(c1)C(=O)c1ccccc1C2=O. The molecule has 0 saturated carbocycles. The first-order valence-corrected chi connectivity index (χ1v) is 7.73. The van der Waals surface area contributed by atoms with E-state index >= 15 is 0 Å². The monoisotopic (exact) mass is 309 g/mol. The summed E-state index contributed by atoms with van der Waals surface area (Å²) in [6, 6.07) is 11.8. The van der Waals surface area contributed by atoms with Gasteiger partial charge in [0.1, 0.15) is 6.23 Å². The van der Waals surface area contributed by atoms with Crippen LogP contribution in [0.4, 0.5) is 0 Å². The van der Waals surface area contributed by atoms with Gasteiger partial charge in [-0.15, -0.1) is 0 Å². The Labute approximate surface area is 135 Å². The van der Waals surface area contributed by atoms with Gasteiger partial charge in [0, 0.05) is 28.8 Å². The minimum absolute atomic E-state index is 0.147. The Morgan fingerprint density at radius 2 is 1.48 bits per heavy atom. The molecule has 0 aromatic heterocycles. The van der Waals surface area contributed by atoms with Crippen LogP contribution in [-0.2, 0) is 0 Å². The quantitative estimate of drug-likeness (QED) is 0.727. The van der Waals surface area contributed by atoms with Crippen LogP contribution < -0.4 is 5.32 Å². The molecule has 0 radical (unpaired) electrons. The largest absolute Gasteiger partial charge is 0.374 e. The van der Waals surface area contributed by atoms with E-state index in [9.17, 15) is 14.7 Å². The van der Waals surface area contributed by atoms with Crippen LogP contribution in [0, 0.1) is 5.92 Å². The lowest BCUT2D eigenvalue weighted by atomic mass is 9.83. The standard InChI is InChI=1S/C19H19NO3/c1-11(2)10-20-19(23)12-7-8-15-16(9-12)18(22)14-6-4-3-5-13(14)17(15)21/h3-9,11,19-20,23H,10H2,1-2H3. The van der Waals surface area contributed by atoms with E-state index in [1.165, 1.54) is 0 Å². The van der Waals surface area contributed by atoms with Crippen molar-refractivity contribution >= 4 is 11.6 Å². The third kappa shape index (κ3) is 2.83. The number of fused-ring (bicyclic) bond motifs is 2. The molecular weight excluding hydrogens is 290 g/mol. The number of nitrogens with one attached hydrogen (secondary N) is 1. The molecule has 0 amide bonds. The van der Waals surface area contributed by atoms with Gasteiger partial charge in [0.05, 0.1) is 0 Å². The number of rotatable bonds is 4. The summed E-state index contributed by atoms with van der Waals surface area (Å²) in [5.74, 6) is 0.0804. The fraction of sp³-hybridized carbons (Fsp3) is 0.263. The van der Waals surface area contributed by atoms with E-state index in [0.29, 0.717) is 40.3 Å². The zero-order chi connectivity index (χ0) is 16.6. The second kappa shape index (κ2) is 6.07. The van der Waals surface area contributed by atoms with Crippen LogP contribution in [0.25, 0.3) is 0 Å². The Kier molecular flexibility index (Phi) is 4.11. The number of ketones is 2. The number of benzene rings is 2. The number of hydrogen-bond donors (Lipinski definition) is 2. The molecule has 1 unspecified atom stereocenters. The van der Waals surface area contributed by atoms with Gasteiger partial charge in [-0.1, -0.05) is 44.2 Å². The van der Waals surface area contributed by atoms with Crippen LogP contribution in [0.5, 0.6) is 0 Å². The topological polar surface area (TPSA) is 66.4 Å². The van der Waals surface area contributed by atoms with Gasteiger partial charge in [0.15, 0.2) is 11.6 Å². The molecule has 2 N–H and O–H groups in total. The molecule has 4 heteroatoms. The highest BCUT2D eigenvalue weighted by atomic mass is 16.3. The van der Waals surface area contributed by atoms with Crippen molar-refractivity contribution in [2.24, 2.45) is 5.92 Å². The van der Waals surface area contributed by atoms with Gasteiger partial charge in [0.2, 0.25) is 0 Å². The van der Waals surface area contributed by atoms with Gasteiger partial charge in [-0.3, -0.25) is 14.9 Å². The Morgan fingerprint density at radius 1 is 0.913 bits per heavy atom. The molecule has 118 valence electrons. The molecule has 0 fully saturated rings. The highest BCUT2D eigenvalue weighted by Gasteiger charge is 2.29. The van der Waals surface area contributed by atoms with Crippen molar-refractivity contribution in [2.75, 3.05) is 6.54 Å². The molecule has 0 bridgehead atoms. The number of aliphatic hydroxyl groups is 1. The average molecular weight is 309 g/mol. The van der Waals surface area contributed by atoms with Gasteiger partial charge in [-0.2, -0.15) is 0 Å². The minimum atomic E-state index is -0.859. The van der Waals surface area contributed by atoms with Gasteiger partial charge >= 0.3 is 0 Å². The van der Waals surface area contributed by atoms with E-state index in [2.05, 4.69) is 5.32 Å². The second-order valence-electron chi connectivity index (χ2n) is 6.21. The molecule has 3 rings (SSSR count). The fourth-order valence-electron chi connectivity index (χ4n) is 2.75. The molecule has 1 aliphatic rings. The summed E-state index contributed by atoms with van der Waals surface area (Å²) in [7, 11) is 0. The molecule has 1 atom stereocenters. The van der Waals surface area contributed by atoms with Gasteiger partial charge < -0.3 is 5.11 Å². The maximum atomic E-state index is 12.6. The minimum Gasteiger partial charge on any atom is -0.374 e. The molecule has 2 aromatic rings. The Hall–Kier alpha value is -2.30. The van der Waals surface area contributed by atoms with Crippen LogP contribution in [0.1, 0.15) is 57.5 Å². The third-order valence-electron chi connectivity index (χ3n) is 3.98. The normalized spacial score (nSPS) is 14.6. The summed E-state index contributed by atoms with van der Waals surface area (Å²) in [4.78, 5) is 25.2. The van der Waals surface area contributed by atoms with Crippen LogP contribution in [0.15, 0.2) is 42.5 Å². The number of carbonyl (C=O) groups is 2. The van der Waals surface area contributed by atoms with Gasteiger partial charge in [0.25, 0.3) is 0 Å². The predicted octanol–water partition coefficient (Wildman–Crippen LogP) is 2.70. The summed E-state index contributed by atoms with van der Waals surface area (Å²) >= 11 is 0. The van der Waals surface area contributed by atoms with E-state index < -0.39 is 6.23 Å². The molecule has 4 nitrogen and oxygen atoms in total. The zero-order valence-electron chi connectivity index (χ0n) is 13.2. The predicted molar refractivity (Wildman–Crippen MR) is 87.5 cm³/mol. The van der Waals surface area contributed by atoms with Crippen molar-refractivity contribution in [1.82, 2.24) is 5.32 Å². The molecule has 23 heavy (non-hydrogen) atoms. The lowest BCUT2D eigenvalue weighted by Crippen LogP contribution is -2.26. The molecule has 1 aliphatic carbocycles. The molecule has 0 aliphatic heterocycles. The van der Waals surface area contributed by atoms with E-state index in [-0.39, 0.29) is 11.6 Å². The summed E-state index contributed by atoms with van der Waals surface area (Å²) in [5.41, 5.74) is 2.21. The van der Waals surface area contributed by atoms with E-state index in [4.69, 9.17) is 0 Å². The Bertz CT molecular complexity index is 780. The Balaban J connectivity index is 1.97. The van der Waals surface area contributed by atoms with Crippen molar-refractivity contribution in [3.63, 3.8) is 0 Å². The van der Waals surface area contributed by atoms with Crippen molar-refractivity contribution < 1.29 is 14.7 Å². The summed E-state index contributed by atoms with van der Waals surface area (Å²) in [5, 5.41) is 13.2. The average Bonchev–Trinajstić information content (AvgIpc) is 2.57. The highest BCUT2D eigenvalue weighted by molar-refractivity contribution is 6.28. The lowest BCUT2D eigenvalue weighted by Gasteiger charge is -2.20. The van der Waals surface area contributed by atoms with Crippen molar-refractivity contribution in [3.8, 4) is 0 Å². The number of aliphatic hydroxyl groups excluding tert-OH is 1. The van der Waals surface area contributed by atoms with E-state index in [1.54, 1.807) is 42.5 Å². The van der Waals surface area contributed by atoms with Crippen molar-refractivity contribution in [3.05, 3.63) is 70.3 Å². The summed E-state index contributed by atoms with van der Waals surface area (Å²) in [6.45, 7) is 4.76. The summed E-state index contributed by atoms with van der Waals surface area (Å²) in [6.07, 6.45) is -0.859. The maximum absolute atomic E-state index is 12.6. The van der Waals surface area contributed by atoms with Gasteiger partial charge in [-0.25, -0.2) is 0 Å². The molecular formula is C19H19NO3. The highest BCUT2D eigenvalue weighted by Crippen LogP contribution is 2.28.